The van der Waals surface area contributed by atoms with Crippen LogP contribution in [0, 0.1) is 11.7 Å². The van der Waals surface area contributed by atoms with Gasteiger partial charge in [-0.15, -0.1) is 0 Å². The van der Waals surface area contributed by atoms with Gasteiger partial charge < -0.3 is 4.90 Å². The highest BCUT2D eigenvalue weighted by Crippen LogP contribution is 2.28. The van der Waals surface area contributed by atoms with Crippen molar-refractivity contribution in [2.45, 2.75) is 20.8 Å². The van der Waals surface area contributed by atoms with Gasteiger partial charge in [0, 0.05) is 16.9 Å². The second kappa shape index (κ2) is 5.43. The van der Waals surface area contributed by atoms with Crippen molar-refractivity contribution in [3.8, 4) is 0 Å². The van der Waals surface area contributed by atoms with Crippen molar-refractivity contribution < 1.29 is 9.18 Å². The molecule has 0 saturated heterocycles. The van der Waals surface area contributed by atoms with Crippen molar-refractivity contribution >= 4 is 27.5 Å². The van der Waals surface area contributed by atoms with Crippen LogP contribution in [-0.4, -0.2) is 12.5 Å². The van der Waals surface area contributed by atoms with Crippen LogP contribution in [-0.2, 0) is 4.79 Å². The first-order valence-electron chi connectivity index (χ1n) is 5.23. The fraction of sp³-hybridized carbons (Fsp3) is 0.417. The van der Waals surface area contributed by atoms with E-state index in [2.05, 4.69) is 15.9 Å². The monoisotopic (exact) mass is 287 g/mol. The predicted octanol–water partition coefficient (Wildman–Crippen LogP) is 3.60. The Bertz CT molecular complexity index is 393. The maximum atomic E-state index is 13.1. The second-order valence-corrected chi connectivity index (χ2v) is 4.69. The molecular weight excluding hydrogens is 273 g/mol. The summed E-state index contributed by atoms with van der Waals surface area (Å²) in [4.78, 5) is 13.5. The molecule has 1 aromatic carbocycles. The Balaban J connectivity index is 3.13. The summed E-state index contributed by atoms with van der Waals surface area (Å²) in [5.74, 6) is -0.447. The van der Waals surface area contributed by atoms with Gasteiger partial charge in [-0.25, -0.2) is 4.39 Å². The number of halogens is 2. The first-order chi connectivity index (χ1) is 7.47. The highest BCUT2D eigenvalue weighted by Gasteiger charge is 2.19. The van der Waals surface area contributed by atoms with Crippen molar-refractivity contribution in [3.63, 3.8) is 0 Å². The zero-order chi connectivity index (χ0) is 12.3. The van der Waals surface area contributed by atoms with E-state index in [1.807, 2.05) is 20.8 Å². The Labute approximate surface area is 104 Å². The Morgan fingerprint density at radius 3 is 2.62 bits per heavy atom. The van der Waals surface area contributed by atoms with E-state index in [1.165, 1.54) is 12.1 Å². The number of anilines is 1. The first-order valence-corrected chi connectivity index (χ1v) is 6.03. The molecule has 88 valence electrons. The van der Waals surface area contributed by atoms with Gasteiger partial charge in [0.25, 0.3) is 0 Å². The van der Waals surface area contributed by atoms with Crippen molar-refractivity contribution in [3.05, 3.63) is 28.5 Å². The van der Waals surface area contributed by atoms with Gasteiger partial charge in [0.1, 0.15) is 5.82 Å². The molecule has 0 unspecified atom stereocenters. The topological polar surface area (TPSA) is 20.3 Å². The van der Waals surface area contributed by atoms with Crippen LogP contribution in [0.2, 0.25) is 0 Å². The minimum Gasteiger partial charge on any atom is -0.311 e. The van der Waals surface area contributed by atoms with Crippen LogP contribution in [0.15, 0.2) is 22.7 Å². The highest BCUT2D eigenvalue weighted by atomic mass is 79.9. The van der Waals surface area contributed by atoms with Crippen LogP contribution in [0.5, 0.6) is 0 Å². The molecule has 16 heavy (non-hydrogen) atoms. The number of hydrogen-bond donors (Lipinski definition) is 0. The number of hydrogen-bond acceptors (Lipinski definition) is 1. The van der Waals surface area contributed by atoms with Gasteiger partial charge in [0.05, 0.1) is 5.69 Å². The van der Waals surface area contributed by atoms with Crippen molar-refractivity contribution in [1.29, 1.82) is 0 Å². The Morgan fingerprint density at radius 1 is 1.50 bits per heavy atom. The molecule has 0 spiro atoms. The van der Waals surface area contributed by atoms with Crippen molar-refractivity contribution in [1.82, 2.24) is 0 Å². The fourth-order valence-corrected chi connectivity index (χ4v) is 1.91. The van der Waals surface area contributed by atoms with E-state index in [4.69, 9.17) is 0 Å². The average Bonchev–Trinajstić information content (AvgIpc) is 2.23. The molecule has 0 saturated carbocycles. The predicted molar refractivity (Wildman–Crippen MR) is 67.0 cm³/mol. The number of carbonyl (C=O) groups is 1. The number of nitrogens with zero attached hydrogens (tertiary/aromatic N) is 1. The van der Waals surface area contributed by atoms with Crippen LogP contribution in [0.1, 0.15) is 20.8 Å². The first kappa shape index (κ1) is 13.2. The van der Waals surface area contributed by atoms with E-state index in [0.717, 1.165) is 4.47 Å². The number of rotatable bonds is 3. The molecule has 0 aliphatic carbocycles. The van der Waals surface area contributed by atoms with Crippen LogP contribution in [0.4, 0.5) is 10.1 Å². The van der Waals surface area contributed by atoms with Crippen LogP contribution < -0.4 is 4.90 Å². The molecular formula is C12H15BrFNO. The molecule has 4 heteroatoms. The minimum atomic E-state index is -0.340. The summed E-state index contributed by atoms with van der Waals surface area (Å²) in [5, 5.41) is 0. The van der Waals surface area contributed by atoms with E-state index in [9.17, 15) is 9.18 Å². The summed E-state index contributed by atoms with van der Waals surface area (Å²) < 4.78 is 13.9. The van der Waals surface area contributed by atoms with Gasteiger partial charge in [-0.05, 0) is 41.1 Å². The molecule has 0 fully saturated rings. The number of amides is 1. The number of benzene rings is 1. The third-order valence-corrected chi connectivity index (χ3v) is 2.95. The highest BCUT2D eigenvalue weighted by molar-refractivity contribution is 9.10. The third-order valence-electron chi connectivity index (χ3n) is 2.28. The summed E-state index contributed by atoms with van der Waals surface area (Å²) in [7, 11) is 0. The summed E-state index contributed by atoms with van der Waals surface area (Å²) in [5.41, 5.74) is 0.584. The standard InChI is InChI=1S/C12H15BrFNO/c1-4-15(12(16)8(2)3)11-7-9(14)5-6-10(11)13/h5-8H,4H2,1-3H3. The molecule has 1 amide bonds. The Morgan fingerprint density at radius 2 is 2.12 bits per heavy atom. The maximum Gasteiger partial charge on any atom is 0.229 e. The Hall–Kier alpha value is -0.900. The molecule has 0 atom stereocenters. The summed E-state index contributed by atoms with van der Waals surface area (Å²) >= 11 is 3.33. The van der Waals surface area contributed by atoms with E-state index >= 15 is 0 Å². The van der Waals surface area contributed by atoms with Crippen molar-refractivity contribution in [2.24, 2.45) is 5.92 Å². The van der Waals surface area contributed by atoms with E-state index in [1.54, 1.807) is 11.0 Å². The zero-order valence-corrected chi connectivity index (χ0v) is 11.2. The lowest BCUT2D eigenvalue weighted by molar-refractivity contribution is -0.121. The summed E-state index contributed by atoms with van der Waals surface area (Å²) in [6.07, 6.45) is 0. The van der Waals surface area contributed by atoms with Gasteiger partial charge in [-0.2, -0.15) is 0 Å². The van der Waals surface area contributed by atoms with Crippen LogP contribution >= 0.6 is 15.9 Å². The lowest BCUT2D eigenvalue weighted by Gasteiger charge is -2.24. The molecule has 0 bridgehead atoms. The average molecular weight is 288 g/mol. The molecule has 0 aliphatic heterocycles. The maximum absolute atomic E-state index is 13.1. The Kier molecular flexibility index (Phi) is 4.47. The normalized spacial score (nSPS) is 10.6. The zero-order valence-electron chi connectivity index (χ0n) is 9.63. The van der Waals surface area contributed by atoms with Gasteiger partial charge >= 0.3 is 0 Å². The summed E-state index contributed by atoms with van der Waals surface area (Å²) in [6.45, 7) is 6.06. The lowest BCUT2D eigenvalue weighted by Crippen LogP contribution is -2.34. The molecule has 0 aromatic heterocycles. The van der Waals surface area contributed by atoms with Gasteiger partial charge in [-0.3, -0.25) is 4.79 Å². The molecule has 2 nitrogen and oxygen atoms in total. The van der Waals surface area contributed by atoms with E-state index < -0.39 is 0 Å². The van der Waals surface area contributed by atoms with Crippen LogP contribution in [0.3, 0.4) is 0 Å². The van der Waals surface area contributed by atoms with E-state index in [0.29, 0.717) is 12.2 Å². The fourth-order valence-electron chi connectivity index (χ4n) is 1.45. The molecule has 0 aliphatic rings. The van der Waals surface area contributed by atoms with Gasteiger partial charge in [-0.1, -0.05) is 13.8 Å². The molecule has 0 heterocycles. The lowest BCUT2D eigenvalue weighted by atomic mass is 10.1. The molecule has 1 rings (SSSR count). The second-order valence-electron chi connectivity index (χ2n) is 3.83. The quantitative estimate of drug-likeness (QED) is 0.832. The van der Waals surface area contributed by atoms with Gasteiger partial charge in [0.2, 0.25) is 5.91 Å². The van der Waals surface area contributed by atoms with Gasteiger partial charge in [0.15, 0.2) is 0 Å². The third kappa shape index (κ3) is 2.82. The van der Waals surface area contributed by atoms with E-state index in [-0.39, 0.29) is 17.6 Å². The SMILES string of the molecule is CCN(C(=O)C(C)C)c1cc(F)ccc1Br. The molecule has 0 radical (unpaired) electrons. The summed E-state index contributed by atoms with van der Waals surface area (Å²) in [6, 6.07) is 4.34. The minimum absolute atomic E-state index is 0.00574. The molecule has 0 N–H and O–H groups in total. The molecule has 1 aromatic rings. The smallest absolute Gasteiger partial charge is 0.229 e. The van der Waals surface area contributed by atoms with Crippen LogP contribution in [0.25, 0.3) is 0 Å². The number of carbonyl (C=O) groups excluding carboxylic acids is 1. The van der Waals surface area contributed by atoms with Crippen molar-refractivity contribution in [2.75, 3.05) is 11.4 Å². The largest absolute Gasteiger partial charge is 0.311 e.